The molecule has 86 valence electrons. The summed E-state index contributed by atoms with van der Waals surface area (Å²) in [6, 6.07) is 0. The van der Waals surface area contributed by atoms with Crippen molar-refractivity contribution in [2.45, 2.75) is 33.7 Å². The molecule has 0 aromatic carbocycles. The van der Waals surface area contributed by atoms with Crippen LogP contribution in [0.1, 0.15) is 27.7 Å². The predicted molar refractivity (Wildman–Crippen MR) is 53.3 cm³/mol. The van der Waals surface area contributed by atoms with Gasteiger partial charge in [-0.25, -0.2) is 4.79 Å². The number of carbonyl (C=O) groups is 1. The van der Waals surface area contributed by atoms with Crippen LogP contribution in [0.2, 0.25) is 0 Å². The van der Waals surface area contributed by atoms with Crippen molar-refractivity contribution >= 4 is 5.97 Å². The molecule has 0 aliphatic rings. The summed E-state index contributed by atoms with van der Waals surface area (Å²) in [6.07, 6.45) is 1.09. The van der Waals surface area contributed by atoms with Crippen molar-refractivity contribution in [1.82, 2.24) is 0 Å². The smallest absolute Gasteiger partial charge is 0.339 e. The number of hydrogen-bond donors (Lipinski definition) is 3. The third-order valence-corrected chi connectivity index (χ3v) is 1.85. The van der Waals surface area contributed by atoms with Crippen molar-refractivity contribution in [1.29, 1.82) is 0 Å². The average molecular weight is 216 g/mol. The van der Waals surface area contributed by atoms with Gasteiger partial charge in [-0.15, -0.1) is 0 Å². The van der Waals surface area contributed by atoms with Crippen molar-refractivity contribution in [2.24, 2.45) is 0 Å². The number of allylic oxidation sites excluding steroid dienone is 2. The summed E-state index contributed by atoms with van der Waals surface area (Å²) in [6.45, 7) is 6.38. The molecule has 0 atom stereocenters. The molecule has 5 nitrogen and oxygen atoms in total. The summed E-state index contributed by atoms with van der Waals surface area (Å²) < 4.78 is 4.60. The minimum Gasteiger partial charge on any atom is -0.419 e. The highest BCUT2D eigenvalue weighted by atomic mass is 16.7. The molecule has 0 unspecified atom stereocenters. The zero-order chi connectivity index (χ0) is 12.2. The molecular formula is C10H16O5. The molecule has 0 aromatic heterocycles. The molecule has 15 heavy (non-hydrogen) atoms. The van der Waals surface area contributed by atoms with E-state index in [4.69, 9.17) is 15.3 Å². The van der Waals surface area contributed by atoms with E-state index in [-0.39, 0.29) is 0 Å². The van der Waals surface area contributed by atoms with Crippen molar-refractivity contribution in [3.05, 3.63) is 23.0 Å². The zero-order valence-corrected chi connectivity index (χ0v) is 9.24. The van der Waals surface area contributed by atoms with Gasteiger partial charge >= 0.3 is 11.9 Å². The summed E-state index contributed by atoms with van der Waals surface area (Å²) in [4.78, 5) is 11.3. The van der Waals surface area contributed by atoms with E-state index in [0.29, 0.717) is 5.57 Å². The summed E-state index contributed by atoms with van der Waals surface area (Å²) in [5, 5.41) is 26.4. The Morgan fingerprint density at radius 2 is 1.67 bits per heavy atom. The lowest BCUT2D eigenvalue weighted by Crippen LogP contribution is -2.32. The second-order valence-corrected chi connectivity index (χ2v) is 3.30. The van der Waals surface area contributed by atoms with Crippen LogP contribution in [0.15, 0.2) is 23.0 Å². The molecule has 0 fully saturated rings. The van der Waals surface area contributed by atoms with Crippen LogP contribution in [-0.2, 0) is 9.53 Å². The molecule has 0 aliphatic carbocycles. The highest BCUT2D eigenvalue weighted by Gasteiger charge is 2.29. The Balaban J connectivity index is 4.77. The molecule has 0 rings (SSSR count). The molecule has 3 N–H and O–H groups in total. The number of carbonyl (C=O) groups excluding carboxylic acids is 1. The molecular weight excluding hydrogens is 200 g/mol. The second-order valence-electron chi connectivity index (χ2n) is 3.30. The van der Waals surface area contributed by atoms with Gasteiger partial charge < -0.3 is 20.1 Å². The van der Waals surface area contributed by atoms with Crippen molar-refractivity contribution < 1.29 is 24.9 Å². The molecule has 5 heteroatoms. The van der Waals surface area contributed by atoms with Gasteiger partial charge in [0.25, 0.3) is 0 Å². The van der Waals surface area contributed by atoms with Crippen LogP contribution in [0.25, 0.3) is 0 Å². The Kier molecular flexibility index (Phi) is 4.67. The van der Waals surface area contributed by atoms with Gasteiger partial charge in [0.05, 0.1) is 0 Å². The fraction of sp³-hybridized carbons (Fsp3) is 0.500. The minimum absolute atomic E-state index is 0.346. The molecule has 0 aromatic rings. The number of hydrogen-bond acceptors (Lipinski definition) is 5. The Labute approximate surface area is 88.3 Å². The summed E-state index contributed by atoms with van der Waals surface area (Å²) in [5.41, 5.74) is 1.09. The average Bonchev–Trinajstić information content (AvgIpc) is 2.10. The first-order valence-electron chi connectivity index (χ1n) is 4.40. The lowest BCUT2D eigenvalue weighted by atomic mass is 10.2. The minimum atomic E-state index is -3.13. The first-order chi connectivity index (χ1) is 6.70. The van der Waals surface area contributed by atoms with Crippen molar-refractivity contribution in [3.8, 4) is 0 Å². The van der Waals surface area contributed by atoms with Crippen LogP contribution in [0.4, 0.5) is 0 Å². The van der Waals surface area contributed by atoms with E-state index >= 15 is 0 Å². The number of rotatable bonds is 3. The predicted octanol–water partition coefficient (Wildman–Crippen LogP) is 0.420. The van der Waals surface area contributed by atoms with E-state index in [1.807, 2.05) is 0 Å². The van der Waals surface area contributed by atoms with Crippen molar-refractivity contribution in [3.63, 3.8) is 0 Å². The van der Waals surface area contributed by atoms with Crippen LogP contribution in [0, 0.1) is 0 Å². The molecule has 0 spiro atoms. The lowest BCUT2D eigenvalue weighted by Gasteiger charge is -2.17. The second kappa shape index (κ2) is 5.06. The highest BCUT2D eigenvalue weighted by molar-refractivity contribution is 5.89. The largest absolute Gasteiger partial charge is 0.419 e. The lowest BCUT2D eigenvalue weighted by molar-refractivity contribution is -0.299. The molecule has 0 saturated heterocycles. The summed E-state index contributed by atoms with van der Waals surface area (Å²) in [5.74, 6) is -4.48. The van der Waals surface area contributed by atoms with Gasteiger partial charge in [0, 0.05) is 5.57 Å². The maximum absolute atomic E-state index is 11.3. The van der Waals surface area contributed by atoms with Crippen LogP contribution in [0.3, 0.4) is 0 Å². The molecule has 0 heterocycles. The third kappa shape index (κ3) is 4.24. The van der Waals surface area contributed by atoms with E-state index in [1.54, 1.807) is 20.8 Å². The topological polar surface area (TPSA) is 87.0 Å². The van der Waals surface area contributed by atoms with Gasteiger partial charge in [-0.3, -0.25) is 0 Å². The quantitative estimate of drug-likeness (QED) is 0.275. The van der Waals surface area contributed by atoms with E-state index in [0.717, 1.165) is 11.6 Å². The molecule has 0 radical (unpaired) electrons. The standard InChI is InChI=1S/C10H16O5/c1-5-8(10(12,13)14)15-9(11)7(4)6(2)3/h5,12-14H,1-4H3. The van der Waals surface area contributed by atoms with Gasteiger partial charge in [-0.1, -0.05) is 5.57 Å². The number of aliphatic hydroxyl groups is 3. The Morgan fingerprint density at radius 1 is 1.20 bits per heavy atom. The van der Waals surface area contributed by atoms with Crippen LogP contribution in [-0.4, -0.2) is 27.3 Å². The molecule has 0 amide bonds. The van der Waals surface area contributed by atoms with Gasteiger partial charge in [-0.05, 0) is 33.8 Å². The van der Waals surface area contributed by atoms with Gasteiger partial charge in [0.15, 0.2) is 5.76 Å². The van der Waals surface area contributed by atoms with Gasteiger partial charge in [-0.2, -0.15) is 0 Å². The summed E-state index contributed by atoms with van der Waals surface area (Å²) in [7, 11) is 0. The summed E-state index contributed by atoms with van der Waals surface area (Å²) >= 11 is 0. The first kappa shape index (κ1) is 13.8. The molecule has 0 bridgehead atoms. The van der Waals surface area contributed by atoms with E-state index < -0.39 is 17.7 Å². The molecule has 0 saturated carbocycles. The van der Waals surface area contributed by atoms with Gasteiger partial charge in [0.2, 0.25) is 0 Å². The molecule has 0 aliphatic heterocycles. The van der Waals surface area contributed by atoms with Crippen LogP contribution < -0.4 is 0 Å². The normalized spacial score (nSPS) is 12.3. The van der Waals surface area contributed by atoms with Crippen LogP contribution in [0.5, 0.6) is 0 Å². The Bertz CT molecular complexity index is 302. The van der Waals surface area contributed by atoms with E-state index in [9.17, 15) is 4.79 Å². The Hall–Kier alpha value is -1.17. The van der Waals surface area contributed by atoms with Crippen molar-refractivity contribution in [2.75, 3.05) is 0 Å². The highest BCUT2D eigenvalue weighted by Crippen LogP contribution is 2.15. The van der Waals surface area contributed by atoms with Gasteiger partial charge in [0.1, 0.15) is 0 Å². The maximum atomic E-state index is 11.3. The fourth-order valence-corrected chi connectivity index (χ4v) is 0.702. The van der Waals surface area contributed by atoms with E-state index in [1.165, 1.54) is 6.92 Å². The number of esters is 1. The van der Waals surface area contributed by atoms with Crippen LogP contribution >= 0.6 is 0 Å². The van der Waals surface area contributed by atoms with E-state index in [2.05, 4.69) is 4.74 Å². The zero-order valence-electron chi connectivity index (χ0n) is 9.24. The number of ether oxygens (including phenoxy) is 1. The fourth-order valence-electron chi connectivity index (χ4n) is 0.702. The third-order valence-electron chi connectivity index (χ3n) is 1.85. The SMILES string of the molecule is CC=C(OC(=O)C(C)=C(C)C)C(O)(O)O. The Morgan fingerprint density at radius 3 is 1.93 bits per heavy atom. The monoisotopic (exact) mass is 216 g/mol. The first-order valence-corrected chi connectivity index (χ1v) is 4.40. The maximum Gasteiger partial charge on any atom is 0.339 e.